The second-order valence-corrected chi connectivity index (χ2v) is 10.0. The molecule has 0 radical (unpaired) electrons. The van der Waals surface area contributed by atoms with E-state index >= 15 is 0 Å². The maximum atomic E-state index is 11.3. The number of rotatable bonds is 1. The van der Waals surface area contributed by atoms with Gasteiger partial charge in [-0.25, -0.2) is 0 Å². The molecule has 4 aliphatic rings. The van der Waals surface area contributed by atoms with E-state index in [2.05, 4.69) is 13.8 Å². The molecule has 0 saturated heterocycles. The summed E-state index contributed by atoms with van der Waals surface area (Å²) in [4.78, 5) is 11.3. The van der Waals surface area contributed by atoms with Crippen LogP contribution in [-0.2, 0) is 9.53 Å². The van der Waals surface area contributed by atoms with Crippen molar-refractivity contribution in [1.29, 1.82) is 0 Å². The molecule has 3 N–H and O–H groups in total. The number of hydrogen-bond donors (Lipinski definition) is 2. The van der Waals surface area contributed by atoms with Gasteiger partial charge >= 0.3 is 5.97 Å². The number of halogens is 1. The largest absolute Gasteiger partial charge is 0.463 e. The first-order chi connectivity index (χ1) is 11.8. The number of carbonyl (C=O) groups is 1. The van der Waals surface area contributed by atoms with Crippen LogP contribution in [0.15, 0.2) is 0 Å². The maximum Gasteiger partial charge on any atom is 0.302 e. The Balaban J connectivity index is 0.00000196. The molecule has 0 aromatic carbocycles. The molecular weight excluding hydrogens is 350 g/mol. The van der Waals surface area contributed by atoms with Crippen LogP contribution in [-0.4, -0.2) is 29.3 Å². The van der Waals surface area contributed by atoms with Crippen LogP contribution in [0.25, 0.3) is 0 Å². The van der Waals surface area contributed by atoms with Crippen molar-refractivity contribution in [1.82, 2.24) is 0 Å². The third-order valence-corrected chi connectivity index (χ3v) is 9.06. The highest BCUT2D eigenvalue weighted by atomic mass is 35.5. The second kappa shape index (κ2) is 6.93. The molecule has 26 heavy (non-hydrogen) atoms. The number of fused-ring (bicyclic) bond motifs is 5. The van der Waals surface area contributed by atoms with E-state index in [1.54, 1.807) is 0 Å². The van der Waals surface area contributed by atoms with Crippen molar-refractivity contribution >= 4 is 18.4 Å². The third-order valence-electron chi connectivity index (χ3n) is 9.06. The Hall–Kier alpha value is -0.320. The molecule has 0 bridgehead atoms. The SMILES string of the molecule is CC(=O)O[C@H]1CC[C@@]2(C)[C@@H](CC[C@@H]3[C@@H]2CC[C@]2(C)[C@H](N)[C@H](O)C[C@@H]32)C1.Cl. The molecule has 0 spiro atoms. The highest BCUT2D eigenvalue weighted by molar-refractivity contribution is 5.85. The molecule has 0 aromatic rings. The maximum absolute atomic E-state index is 11.3. The standard InChI is InChI=1S/C21H35NO3.ClH/c1-12(23)25-14-6-8-20(2)13(10-14)4-5-15-16(20)7-9-21(3)17(15)11-18(24)19(21)22;/h13-19,24H,4-11,22H2,1-3H3;1H/t13-,14-,15+,16-,17-,18+,19+,20-,21-;/m0./s1. The Morgan fingerprint density at radius 1 is 1.04 bits per heavy atom. The quantitative estimate of drug-likeness (QED) is 0.675. The van der Waals surface area contributed by atoms with E-state index in [1.807, 2.05) is 0 Å². The lowest BCUT2D eigenvalue weighted by atomic mass is 9.45. The molecule has 4 fully saturated rings. The zero-order valence-electron chi connectivity index (χ0n) is 16.4. The Bertz CT molecular complexity index is 557. The van der Waals surface area contributed by atoms with Gasteiger partial charge in [0, 0.05) is 13.0 Å². The summed E-state index contributed by atoms with van der Waals surface area (Å²) < 4.78 is 5.55. The van der Waals surface area contributed by atoms with Gasteiger partial charge in [0.25, 0.3) is 0 Å². The second-order valence-electron chi connectivity index (χ2n) is 10.0. The zero-order chi connectivity index (χ0) is 18.0. The monoisotopic (exact) mass is 385 g/mol. The minimum absolute atomic E-state index is 0. The summed E-state index contributed by atoms with van der Waals surface area (Å²) in [5.41, 5.74) is 6.92. The highest BCUT2D eigenvalue weighted by Crippen LogP contribution is 2.66. The van der Waals surface area contributed by atoms with Crippen molar-refractivity contribution in [3.05, 3.63) is 0 Å². The smallest absolute Gasteiger partial charge is 0.302 e. The van der Waals surface area contributed by atoms with Crippen LogP contribution in [0.4, 0.5) is 0 Å². The van der Waals surface area contributed by atoms with Crippen molar-refractivity contribution in [2.45, 2.75) is 90.4 Å². The molecule has 0 unspecified atom stereocenters. The van der Waals surface area contributed by atoms with Gasteiger partial charge in [0.15, 0.2) is 0 Å². The normalized spacial score (nSPS) is 52.9. The number of hydrogen-bond acceptors (Lipinski definition) is 4. The first kappa shape index (κ1) is 20.4. The Morgan fingerprint density at radius 3 is 2.42 bits per heavy atom. The predicted octanol–water partition coefficient (Wildman–Crippen LogP) is 3.68. The molecule has 150 valence electrons. The van der Waals surface area contributed by atoms with Crippen molar-refractivity contribution in [2.24, 2.45) is 40.2 Å². The summed E-state index contributed by atoms with van der Waals surface area (Å²) in [6, 6.07) is -0.0521. The molecule has 5 heteroatoms. The Kier molecular flexibility index (Phi) is 5.44. The molecule has 4 rings (SSSR count). The Morgan fingerprint density at radius 2 is 1.73 bits per heavy atom. The van der Waals surface area contributed by atoms with Crippen molar-refractivity contribution in [3.8, 4) is 0 Å². The average Bonchev–Trinajstić information content (AvgIpc) is 2.78. The van der Waals surface area contributed by atoms with Gasteiger partial charge in [-0.2, -0.15) is 0 Å². The first-order valence-corrected chi connectivity index (χ1v) is 10.4. The fraction of sp³-hybridized carbons (Fsp3) is 0.952. The summed E-state index contributed by atoms with van der Waals surface area (Å²) >= 11 is 0. The molecule has 4 aliphatic carbocycles. The third kappa shape index (κ3) is 2.91. The number of esters is 1. The lowest BCUT2D eigenvalue weighted by Crippen LogP contribution is -2.55. The van der Waals surface area contributed by atoms with Crippen LogP contribution in [0, 0.1) is 34.5 Å². The van der Waals surface area contributed by atoms with Crippen molar-refractivity contribution in [2.75, 3.05) is 0 Å². The molecule has 0 heterocycles. The van der Waals surface area contributed by atoms with Gasteiger partial charge in [0.2, 0.25) is 0 Å². The van der Waals surface area contributed by atoms with E-state index < -0.39 is 0 Å². The number of aliphatic hydroxyl groups excluding tert-OH is 1. The summed E-state index contributed by atoms with van der Waals surface area (Å²) in [7, 11) is 0. The number of aliphatic hydroxyl groups is 1. The van der Waals surface area contributed by atoms with E-state index in [0.29, 0.717) is 23.2 Å². The van der Waals surface area contributed by atoms with Gasteiger partial charge in [-0.05, 0) is 85.9 Å². The zero-order valence-corrected chi connectivity index (χ0v) is 17.3. The minimum atomic E-state index is -0.320. The van der Waals surface area contributed by atoms with Gasteiger partial charge in [-0.15, -0.1) is 12.4 Å². The Labute approximate surface area is 164 Å². The molecule has 0 amide bonds. The van der Waals surface area contributed by atoms with Crippen molar-refractivity contribution in [3.63, 3.8) is 0 Å². The van der Waals surface area contributed by atoms with Gasteiger partial charge in [0.05, 0.1) is 6.10 Å². The summed E-state index contributed by atoms with van der Waals surface area (Å²) in [6.45, 7) is 6.37. The van der Waals surface area contributed by atoms with Gasteiger partial charge in [-0.1, -0.05) is 13.8 Å². The van der Waals surface area contributed by atoms with E-state index in [0.717, 1.165) is 31.6 Å². The molecule has 0 aromatic heterocycles. The van der Waals surface area contributed by atoms with E-state index in [-0.39, 0.29) is 42.0 Å². The average molecular weight is 386 g/mol. The topological polar surface area (TPSA) is 72.5 Å². The van der Waals surface area contributed by atoms with Gasteiger partial charge in [-0.3, -0.25) is 4.79 Å². The fourth-order valence-corrected chi connectivity index (χ4v) is 7.61. The van der Waals surface area contributed by atoms with Crippen LogP contribution in [0.3, 0.4) is 0 Å². The van der Waals surface area contributed by atoms with E-state index in [1.165, 1.54) is 32.6 Å². The lowest BCUT2D eigenvalue weighted by molar-refractivity contribution is -0.159. The van der Waals surface area contributed by atoms with Gasteiger partial charge in [0.1, 0.15) is 6.10 Å². The lowest BCUT2D eigenvalue weighted by Gasteiger charge is -2.60. The number of ether oxygens (including phenoxy) is 1. The van der Waals surface area contributed by atoms with E-state index in [4.69, 9.17) is 10.5 Å². The van der Waals surface area contributed by atoms with Crippen LogP contribution < -0.4 is 5.73 Å². The molecule has 9 atom stereocenters. The number of nitrogens with two attached hydrogens (primary N) is 1. The fourth-order valence-electron chi connectivity index (χ4n) is 7.61. The summed E-state index contributed by atoms with van der Waals surface area (Å²) in [6.07, 6.45) is 8.86. The van der Waals surface area contributed by atoms with Crippen LogP contribution >= 0.6 is 12.4 Å². The highest BCUT2D eigenvalue weighted by Gasteiger charge is 2.61. The van der Waals surface area contributed by atoms with Crippen LogP contribution in [0.2, 0.25) is 0 Å². The molecular formula is C21H36ClNO3. The molecule has 4 saturated carbocycles. The summed E-state index contributed by atoms with van der Waals surface area (Å²) in [5, 5.41) is 10.4. The minimum Gasteiger partial charge on any atom is -0.463 e. The predicted molar refractivity (Wildman–Crippen MR) is 104 cm³/mol. The summed E-state index contributed by atoms with van der Waals surface area (Å²) in [5.74, 6) is 2.59. The first-order valence-electron chi connectivity index (χ1n) is 10.4. The molecule has 0 aliphatic heterocycles. The van der Waals surface area contributed by atoms with Crippen LogP contribution in [0.5, 0.6) is 0 Å². The van der Waals surface area contributed by atoms with Crippen molar-refractivity contribution < 1.29 is 14.6 Å². The number of carbonyl (C=O) groups excluding carboxylic acids is 1. The van der Waals surface area contributed by atoms with Crippen LogP contribution in [0.1, 0.15) is 72.1 Å². The van der Waals surface area contributed by atoms with E-state index in [9.17, 15) is 9.90 Å². The molecule has 4 nitrogen and oxygen atoms in total. The van der Waals surface area contributed by atoms with Gasteiger partial charge < -0.3 is 15.6 Å².